The van der Waals surface area contributed by atoms with Gasteiger partial charge in [-0.3, -0.25) is 14.3 Å². The van der Waals surface area contributed by atoms with Gasteiger partial charge >= 0.3 is 5.69 Å². The highest BCUT2D eigenvalue weighted by molar-refractivity contribution is 7.80. The van der Waals surface area contributed by atoms with Gasteiger partial charge in [0.2, 0.25) is 0 Å². The van der Waals surface area contributed by atoms with Gasteiger partial charge in [-0.25, -0.2) is 4.79 Å². The lowest BCUT2D eigenvalue weighted by Gasteiger charge is -2.15. The Morgan fingerprint density at radius 2 is 2.40 bits per heavy atom. The second-order valence-electron chi connectivity index (χ2n) is 4.67. The number of rotatable bonds is 5. The minimum atomic E-state index is -0.732. The Balaban J connectivity index is 2.01. The number of H-pyrrole nitrogens is 1. The summed E-state index contributed by atoms with van der Waals surface area (Å²) in [4.78, 5) is 25.5. The van der Waals surface area contributed by atoms with Crippen LogP contribution in [0.5, 0.6) is 0 Å². The Kier molecular flexibility index (Phi) is 4.81. The summed E-state index contributed by atoms with van der Waals surface area (Å²) in [6.07, 6.45) is -0.256. The summed E-state index contributed by atoms with van der Waals surface area (Å²) in [6, 6.07) is 1.23. The molecular weight excluding hydrogens is 284 g/mol. The van der Waals surface area contributed by atoms with Gasteiger partial charge in [0.05, 0.1) is 19.3 Å². The molecule has 20 heavy (non-hydrogen) atoms. The summed E-state index contributed by atoms with van der Waals surface area (Å²) in [7, 11) is 0. The number of ether oxygens (including phenoxy) is 2. The summed E-state index contributed by atoms with van der Waals surface area (Å²) < 4.78 is 12.1. The summed E-state index contributed by atoms with van der Waals surface area (Å²) in [5.41, 5.74) is -1.04. The number of aliphatic hydroxyl groups is 1. The molecule has 1 aliphatic heterocycles. The Labute approximate surface area is 120 Å². The number of aromatic amines is 1. The van der Waals surface area contributed by atoms with Crippen molar-refractivity contribution in [3.63, 3.8) is 0 Å². The molecular formula is C12H16N2O5S. The zero-order valence-corrected chi connectivity index (χ0v) is 11.8. The zero-order chi connectivity index (χ0) is 14.7. The highest BCUT2D eigenvalue weighted by Crippen LogP contribution is 2.27. The average Bonchev–Trinajstić information content (AvgIpc) is 2.70. The third-order valence-corrected chi connectivity index (χ3v) is 3.07. The maximum atomic E-state index is 11.6. The number of thiocarbonyl (C=S) groups is 1. The molecule has 0 aromatic carbocycles. The van der Waals surface area contributed by atoms with Crippen LogP contribution in [0.1, 0.15) is 19.6 Å². The van der Waals surface area contributed by atoms with E-state index in [4.69, 9.17) is 21.7 Å². The van der Waals surface area contributed by atoms with Gasteiger partial charge in [0, 0.05) is 23.5 Å². The summed E-state index contributed by atoms with van der Waals surface area (Å²) >= 11 is 4.89. The van der Waals surface area contributed by atoms with Crippen LogP contribution in [0, 0.1) is 0 Å². The van der Waals surface area contributed by atoms with Crippen LogP contribution in [-0.2, 0) is 9.47 Å². The standard InChI is InChI=1S/C12H16N2O5S/c1-7(20)5-18-6-9-8(15)4-11(19-9)14-3-2-10(16)13-12(14)17/h2-3,8-9,11,15H,4-6H2,1H3,(H,13,16,17)/t8-,9+,11+/m0/s1. The molecule has 1 fully saturated rings. The second-order valence-corrected chi connectivity index (χ2v) is 5.36. The van der Waals surface area contributed by atoms with Crippen molar-refractivity contribution in [2.45, 2.75) is 31.8 Å². The van der Waals surface area contributed by atoms with Crippen molar-refractivity contribution in [3.8, 4) is 0 Å². The van der Waals surface area contributed by atoms with Gasteiger partial charge < -0.3 is 14.6 Å². The fraction of sp³-hybridized carbons (Fsp3) is 0.583. The van der Waals surface area contributed by atoms with Crippen molar-refractivity contribution in [2.24, 2.45) is 0 Å². The van der Waals surface area contributed by atoms with E-state index >= 15 is 0 Å². The zero-order valence-electron chi connectivity index (χ0n) is 10.9. The van der Waals surface area contributed by atoms with Crippen LogP contribution in [-0.4, -0.2) is 44.9 Å². The van der Waals surface area contributed by atoms with Gasteiger partial charge in [0.1, 0.15) is 12.3 Å². The largest absolute Gasteiger partial charge is 0.390 e. The molecule has 7 nitrogen and oxygen atoms in total. The molecule has 1 aromatic rings. The molecule has 2 rings (SSSR count). The quantitative estimate of drug-likeness (QED) is 0.718. The van der Waals surface area contributed by atoms with E-state index in [0.717, 1.165) is 0 Å². The number of nitrogens with one attached hydrogen (secondary N) is 1. The molecule has 0 spiro atoms. The SMILES string of the molecule is CC(=S)COC[C@H]1O[C@@H](n2ccc(=O)[nH]c2=O)C[C@@H]1O. The lowest BCUT2D eigenvalue weighted by atomic mass is 10.2. The minimum Gasteiger partial charge on any atom is -0.390 e. The van der Waals surface area contributed by atoms with Crippen molar-refractivity contribution in [1.29, 1.82) is 0 Å². The molecule has 0 saturated carbocycles. The molecule has 0 radical (unpaired) electrons. The van der Waals surface area contributed by atoms with Gasteiger partial charge in [-0.2, -0.15) is 0 Å². The Bertz CT molecular complexity index is 596. The minimum absolute atomic E-state index is 0.198. The molecule has 0 bridgehead atoms. The molecule has 3 atom stereocenters. The molecule has 2 N–H and O–H groups in total. The Morgan fingerprint density at radius 3 is 3.05 bits per heavy atom. The number of hydrogen-bond acceptors (Lipinski definition) is 6. The highest BCUT2D eigenvalue weighted by Gasteiger charge is 2.35. The fourth-order valence-electron chi connectivity index (χ4n) is 2.01. The van der Waals surface area contributed by atoms with Gasteiger partial charge in [-0.05, 0) is 6.92 Å². The van der Waals surface area contributed by atoms with E-state index in [9.17, 15) is 14.7 Å². The van der Waals surface area contributed by atoms with Crippen LogP contribution in [0.3, 0.4) is 0 Å². The van der Waals surface area contributed by atoms with Crippen molar-refractivity contribution in [1.82, 2.24) is 9.55 Å². The lowest BCUT2D eigenvalue weighted by molar-refractivity contribution is -0.0581. The van der Waals surface area contributed by atoms with Crippen LogP contribution in [0.4, 0.5) is 0 Å². The summed E-state index contributed by atoms with van der Waals surface area (Å²) in [5.74, 6) is 0. The van der Waals surface area contributed by atoms with Crippen molar-refractivity contribution < 1.29 is 14.6 Å². The Hall–Kier alpha value is -1.35. The maximum absolute atomic E-state index is 11.6. The van der Waals surface area contributed by atoms with Gasteiger partial charge in [0.25, 0.3) is 5.56 Å². The smallest absolute Gasteiger partial charge is 0.330 e. The van der Waals surface area contributed by atoms with Crippen LogP contribution >= 0.6 is 12.2 Å². The second kappa shape index (κ2) is 6.40. The van der Waals surface area contributed by atoms with Crippen LogP contribution < -0.4 is 11.2 Å². The first kappa shape index (κ1) is 15.0. The predicted molar refractivity (Wildman–Crippen MR) is 74.9 cm³/mol. The van der Waals surface area contributed by atoms with E-state index in [1.54, 1.807) is 6.92 Å². The van der Waals surface area contributed by atoms with Crippen LogP contribution in [0.15, 0.2) is 21.9 Å². The first-order valence-electron chi connectivity index (χ1n) is 6.19. The van der Waals surface area contributed by atoms with Crippen molar-refractivity contribution in [2.75, 3.05) is 13.2 Å². The summed E-state index contributed by atoms with van der Waals surface area (Å²) in [6.45, 7) is 2.29. The number of aliphatic hydroxyl groups excluding tert-OH is 1. The molecule has 1 aromatic heterocycles. The third kappa shape index (κ3) is 3.60. The first-order valence-corrected chi connectivity index (χ1v) is 6.60. The molecule has 1 aliphatic rings. The van der Waals surface area contributed by atoms with Crippen molar-refractivity contribution in [3.05, 3.63) is 33.1 Å². The van der Waals surface area contributed by atoms with E-state index in [0.29, 0.717) is 11.5 Å². The maximum Gasteiger partial charge on any atom is 0.330 e. The van der Waals surface area contributed by atoms with Gasteiger partial charge in [-0.1, -0.05) is 12.2 Å². The van der Waals surface area contributed by atoms with E-state index in [1.165, 1.54) is 16.8 Å². The third-order valence-electron chi connectivity index (χ3n) is 2.95. The van der Waals surface area contributed by atoms with Crippen LogP contribution in [0.25, 0.3) is 0 Å². The normalized spacial score (nSPS) is 25.8. The first-order chi connectivity index (χ1) is 9.47. The number of hydrogen-bond donors (Lipinski definition) is 2. The molecule has 2 heterocycles. The lowest BCUT2D eigenvalue weighted by Crippen LogP contribution is -2.32. The average molecular weight is 300 g/mol. The van der Waals surface area contributed by atoms with Crippen LogP contribution in [0.2, 0.25) is 0 Å². The molecule has 0 amide bonds. The van der Waals surface area contributed by atoms with E-state index in [2.05, 4.69) is 4.98 Å². The molecule has 8 heteroatoms. The van der Waals surface area contributed by atoms with E-state index < -0.39 is 29.7 Å². The fourth-order valence-corrected chi connectivity index (χ4v) is 2.09. The van der Waals surface area contributed by atoms with E-state index in [1.807, 2.05) is 0 Å². The monoisotopic (exact) mass is 300 g/mol. The number of nitrogens with zero attached hydrogens (tertiary/aromatic N) is 1. The molecule has 0 aliphatic carbocycles. The van der Waals surface area contributed by atoms with E-state index in [-0.39, 0.29) is 13.0 Å². The molecule has 110 valence electrons. The Morgan fingerprint density at radius 1 is 1.65 bits per heavy atom. The van der Waals surface area contributed by atoms with Gasteiger partial charge in [-0.15, -0.1) is 0 Å². The topological polar surface area (TPSA) is 93.5 Å². The summed E-state index contributed by atoms with van der Waals surface area (Å²) in [5, 5.41) is 9.91. The number of aromatic nitrogens is 2. The molecule has 1 saturated heterocycles. The molecule has 0 unspecified atom stereocenters. The highest BCUT2D eigenvalue weighted by atomic mass is 32.1. The van der Waals surface area contributed by atoms with Crippen molar-refractivity contribution >= 4 is 17.1 Å². The predicted octanol–water partition coefficient (Wildman–Crippen LogP) is -0.409. The van der Waals surface area contributed by atoms with Gasteiger partial charge in [0.15, 0.2) is 0 Å².